The van der Waals surface area contributed by atoms with Crippen LogP contribution in [0.25, 0.3) is 0 Å². The van der Waals surface area contributed by atoms with Crippen LogP contribution in [0.5, 0.6) is 0 Å². The molecule has 0 radical (unpaired) electrons. The van der Waals surface area contributed by atoms with Gasteiger partial charge in [0.2, 0.25) is 5.91 Å². The summed E-state index contributed by atoms with van der Waals surface area (Å²) in [6.45, 7) is 0.348. The van der Waals surface area contributed by atoms with Crippen molar-refractivity contribution in [3.63, 3.8) is 0 Å². The van der Waals surface area contributed by atoms with E-state index >= 15 is 0 Å². The number of amides is 1. The molecule has 1 aliphatic heterocycles. The van der Waals surface area contributed by atoms with Crippen molar-refractivity contribution < 1.29 is 14.4 Å². The van der Waals surface area contributed by atoms with Gasteiger partial charge in [0.05, 0.1) is 0 Å². The van der Waals surface area contributed by atoms with Gasteiger partial charge in [0.1, 0.15) is 11.7 Å². The number of amidine groups is 1. The standard InChI is InChI=1S/C11H12FN3O2/c12-8-1-3-9(4-2-8)15-6-7(5-10(15)16)11(13)14-17/h1-4,7,17H,5-6H2,(H2,13,14)/t7-/m0/s1. The molecule has 0 unspecified atom stereocenters. The normalized spacial score (nSPS) is 21.0. The van der Waals surface area contributed by atoms with Gasteiger partial charge in [-0.15, -0.1) is 0 Å². The minimum atomic E-state index is -0.353. The van der Waals surface area contributed by atoms with Crippen molar-refractivity contribution in [1.82, 2.24) is 0 Å². The zero-order chi connectivity index (χ0) is 12.4. The number of hydrogen-bond donors (Lipinski definition) is 2. The van der Waals surface area contributed by atoms with Crippen molar-refractivity contribution in [3.05, 3.63) is 30.1 Å². The smallest absolute Gasteiger partial charge is 0.227 e. The maximum Gasteiger partial charge on any atom is 0.227 e. The van der Waals surface area contributed by atoms with Crippen molar-refractivity contribution in [2.24, 2.45) is 16.8 Å². The summed E-state index contributed by atoms with van der Waals surface area (Å²) in [7, 11) is 0. The highest BCUT2D eigenvalue weighted by Crippen LogP contribution is 2.25. The van der Waals surface area contributed by atoms with Gasteiger partial charge in [0.15, 0.2) is 0 Å². The summed E-state index contributed by atoms with van der Waals surface area (Å²) >= 11 is 0. The monoisotopic (exact) mass is 237 g/mol. The minimum absolute atomic E-state index is 0.0444. The zero-order valence-corrected chi connectivity index (χ0v) is 9.01. The van der Waals surface area contributed by atoms with Crippen molar-refractivity contribution >= 4 is 17.4 Å². The first-order valence-electron chi connectivity index (χ1n) is 5.15. The van der Waals surface area contributed by atoms with Crippen LogP contribution < -0.4 is 10.6 Å². The number of anilines is 1. The highest BCUT2D eigenvalue weighted by atomic mass is 19.1. The maximum atomic E-state index is 12.8. The molecule has 1 saturated heterocycles. The molecule has 2 rings (SSSR count). The molecule has 90 valence electrons. The molecule has 0 saturated carbocycles. The van der Waals surface area contributed by atoms with Crippen LogP contribution in [0, 0.1) is 11.7 Å². The van der Waals surface area contributed by atoms with Gasteiger partial charge >= 0.3 is 0 Å². The predicted molar refractivity (Wildman–Crippen MR) is 60.3 cm³/mol. The third-order valence-electron chi connectivity index (χ3n) is 2.80. The van der Waals surface area contributed by atoms with Crippen LogP contribution in [-0.4, -0.2) is 23.5 Å². The summed E-state index contributed by atoms with van der Waals surface area (Å²) in [5.74, 6) is -0.720. The van der Waals surface area contributed by atoms with Gasteiger partial charge in [-0.25, -0.2) is 4.39 Å². The van der Waals surface area contributed by atoms with Gasteiger partial charge < -0.3 is 15.8 Å². The Morgan fingerprint density at radius 1 is 1.47 bits per heavy atom. The van der Waals surface area contributed by atoms with Crippen molar-refractivity contribution in [3.8, 4) is 0 Å². The van der Waals surface area contributed by atoms with Crippen LogP contribution >= 0.6 is 0 Å². The molecule has 1 atom stereocenters. The summed E-state index contributed by atoms with van der Waals surface area (Å²) in [4.78, 5) is 13.2. The van der Waals surface area contributed by atoms with Crippen LogP contribution in [0.2, 0.25) is 0 Å². The minimum Gasteiger partial charge on any atom is -0.409 e. The largest absolute Gasteiger partial charge is 0.409 e. The summed E-state index contributed by atoms with van der Waals surface area (Å²) in [5, 5.41) is 11.5. The van der Waals surface area contributed by atoms with E-state index in [-0.39, 0.29) is 29.9 Å². The van der Waals surface area contributed by atoms with Gasteiger partial charge in [-0.05, 0) is 24.3 Å². The average molecular weight is 237 g/mol. The molecule has 1 aromatic rings. The van der Waals surface area contributed by atoms with Crippen molar-refractivity contribution in [1.29, 1.82) is 0 Å². The van der Waals surface area contributed by atoms with Gasteiger partial charge in [0, 0.05) is 24.6 Å². The Hall–Kier alpha value is -2.11. The SMILES string of the molecule is N/C(=N/O)[C@H]1CC(=O)N(c2ccc(F)cc2)C1. The second kappa shape index (κ2) is 4.40. The van der Waals surface area contributed by atoms with Crippen LogP contribution in [0.4, 0.5) is 10.1 Å². The highest BCUT2D eigenvalue weighted by Gasteiger charge is 2.33. The van der Waals surface area contributed by atoms with E-state index in [1.807, 2.05) is 0 Å². The van der Waals surface area contributed by atoms with E-state index in [2.05, 4.69) is 5.16 Å². The summed E-state index contributed by atoms with van der Waals surface area (Å²) < 4.78 is 12.8. The molecule has 0 spiro atoms. The Morgan fingerprint density at radius 2 is 2.12 bits per heavy atom. The topological polar surface area (TPSA) is 78.9 Å². The van der Waals surface area contributed by atoms with Crippen molar-refractivity contribution in [2.75, 3.05) is 11.4 Å². The second-order valence-electron chi connectivity index (χ2n) is 3.91. The maximum absolute atomic E-state index is 12.8. The molecule has 17 heavy (non-hydrogen) atoms. The number of hydrogen-bond acceptors (Lipinski definition) is 3. The quantitative estimate of drug-likeness (QED) is 0.347. The highest BCUT2D eigenvalue weighted by molar-refractivity contribution is 6.00. The summed E-state index contributed by atoms with van der Waals surface area (Å²) in [5.41, 5.74) is 6.08. The van der Waals surface area contributed by atoms with Crippen LogP contribution in [0.15, 0.2) is 29.4 Å². The van der Waals surface area contributed by atoms with Crippen LogP contribution in [0.3, 0.4) is 0 Å². The van der Waals surface area contributed by atoms with E-state index in [1.165, 1.54) is 29.2 Å². The number of carbonyl (C=O) groups excluding carboxylic acids is 1. The van der Waals surface area contributed by atoms with E-state index < -0.39 is 0 Å². The molecule has 1 aliphatic rings. The molecule has 0 aromatic heterocycles. The van der Waals surface area contributed by atoms with E-state index in [0.29, 0.717) is 12.2 Å². The lowest BCUT2D eigenvalue weighted by atomic mass is 10.1. The Kier molecular flexibility index (Phi) is 2.95. The molecule has 1 heterocycles. The Morgan fingerprint density at radius 3 is 2.71 bits per heavy atom. The Balaban J connectivity index is 2.18. The molecule has 0 bridgehead atoms. The number of oxime groups is 1. The molecule has 5 nitrogen and oxygen atoms in total. The van der Waals surface area contributed by atoms with Crippen LogP contribution in [0.1, 0.15) is 6.42 Å². The fourth-order valence-electron chi connectivity index (χ4n) is 1.86. The lowest BCUT2D eigenvalue weighted by Crippen LogP contribution is -2.28. The number of benzene rings is 1. The Bertz CT molecular complexity index is 458. The number of carbonyl (C=O) groups is 1. The number of halogens is 1. The molecule has 1 amide bonds. The Labute approximate surface area is 97.3 Å². The number of nitrogens with two attached hydrogens (primary N) is 1. The lowest BCUT2D eigenvalue weighted by Gasteiger charge is -2.16. The fourth-order valence-corrected chi connectivity index (χ4v) is 1.86. The first-order valence-corrected chi connectivity index (χ1v) is 5.15. The fraction of sp³-hybridized carbons (Fsp3) is 0.273. The third kappa shape index (κ3) is 2.20. The molecule has 1 aromatic carbocycles. The van der Waals surface area contributed by atoms with Crippen molar-refractivity contribution in [2.45, 2.75) is 6.42 Å². The van der Waals surface area contributed by atoms with Gasteiger partial charge in [0.25, 0.3) is 0 Å². The average Bonchev–Trinajstić information content (AvgIpc) is 2.71. The lowest BCUT2D eigenvalue weighted by molar-refractivity contribution is -0.117. The van der Waals surface area contributed by atoms with E-state index in [4.69, 9.17) is 10.9 Å². The zero-order valence-electron chi connectivity index (χ0n) is 9.01. The number of rotatable bonds is 2. The van der Waals surface area contributed by atoms with Gasteiger partial charge in [-0.1, -0.05) is 5.16 Å². The van der Waals surface area contributed by atoms with Crippen LogP contribution in [-0.2, 0) is 4.79 Å². The first kappa shape index (κ1) is 11.4. The molecule has 6 heteroatoms. The molecule has 3 N–H and O–H groups in total. The molecule has 0 aliphatic carbocycles. The molecular formula is C11H12FN3O2. The number of nitrogens with zero attached hydrogens (tertiary/aromatic N) is 2. The second-order valence-corrected chi connectivity index (χ2v) is 3.91. The predicted octanol–water partition coefficient (Wildman–Crippen LogP) is 0.925. The van der Waals surface area contributed by atoms with Gasteiger partial charge in [-0.2, -0.15) is 0 Å². The van der Waals surface area contributed by atoms with E-state index in [1.54, 1.807) is 0 Å². The molecular weight excluding hydrogens is 225 g/mol. The first-order chi connectivity index (χ1) is 8.11. The van der Waals surface area contributed by atoms with E-state index in [0.717, 1.165) is 0 Å². The molecule has 1 fully saturated rings. The summed E-state index contributed by atoms with van der Waals surface area (Å²) in [6, 6.07) is 5.64. The third-order valence-corrected chi connectivity index (χ3v) is 2.80. The summed E-state index contributed by atoms with van der Waals surface area (Å²) in [6.07, 6.45) is 0.202. The van der Waals surface area contributed by atoms with Gasteiger partial charge in [-0.3, -0.25) is 4.79 Å². The van der Waals surface area contributed by atoms with E-state index in [9.17, 15) is 9.18 Å².